The van der Waals surface area contributed by atoms with Crippen molar-refractivity contribution >= 4 is 38.4 Å². The van der Waals surface area contributed by atoms with E-state index in [1.54, 1.807) is 0 Å². The molecule has 1 atom stereocenters. The Hall–Kier alpha value is -1.38. The average molecular weight is 361 g/mol. The van der Waals surface area contributed by atoms with Crippen molar-refractivity contribution in [1.82, 2.24) is 4.98 Å². The number of nitrogens with zero attached hydrogens (tertiary/aromatic N) is 1. The van der Waals surface area contributed by atoms with Crippen molar-refractivity contribution in [3.05, 3.63) is 76.4 Å². The van der Waals surface area contributed by atoms with E-state index >= 15 is 0 Å². The number of rotatable bonds is 3. The minimum absolute atomic E-state index is 0.239. The van der Waals surface area contributed by atoms with Gasteiger partial charge in [0, 0.05) is 27.4 Å². The first kappa shape index (κ1) is 14.6. The summed E-state index contributed by atoms with van der Waals surface area (Å²) in [6.45, 7) is 2.09. The summed E-state index contributed by atoms with van der Waals surface area (Å²) in [5.41, 5.74) is 4.59. The first-order chi connectivity index (χ1) is 10.1. The SMILES string of the molecule is Cc1cc(Cl)ccc1C(Br)Cc1ccc2ccccc2n1. The van der Waals surface area contributed by atoms with E-state index in [9.17, 15) is 0 Å². The fourth-order valence-corrected chi connectivity index (χ4v) is 3.58. The third-order valence-electron chi connectivity index (χ3n) is 3.61. The molecule has 1 nitrogen and oxygen atoms in total. The van der Waals surface area contributed by atoms with E-state index in [4.69, 9.17) is 16.6 Å². The van der Waals surface area contributed by atoms with Gasteiger partial charge in [-0.1, -0.05) is 57.9 Å². The Morgan fingerprint density at radius 1 is 1.10 bits per heavy atom. The largest absolute Gasteiger partial charge is 0.253 e. The van der Waals surface area contributed by atoms with Crippen molar-refractivity contribution in [2.75, 3.05) is 0 Å². The first-order valence-electron chi connectivity index (χ1n) is 6.88. The zero-order valence-corrected chi connectivity index (χ0v) is 14.0. The lowest BCUT2D eigenvalue weighted by Gasteiger charge is -2.13. The molecule has 1 unspecified atom stereocenters. The predicted octanol–water partition coefficient (Wildman–Crippen LogP) is 5.88. The van der Waals surface area contributed by atoms with Crippen LogP contribution in [0.1, 0.15) is 21.6 Å². The first-order valence-corrected chi connectivity index (χ1v) is 8.17. The van der Waals surface area contributed by atoms with E-state index in [-0.39, 0.29) is 4.83 Å². The molecule has 2 aromatic carbocycles. The number of pyridine rings is 1. The van der Waals surface area contributed by atoms with Crippen LogP contribution in [0.15, 0.2) is 54.6 Å². The Balaban J connectivity index is 1.87. The number of aryl methyl sites for hydroxylation is 1. The molecular weight excluding hydrogens is 346 g/mol. The molecule has 0 aliphatic heterocycles. The molecule has 3 heteroatoms. The second kappa shape index (κ2) is 6.17. The van der Waals surface area contributed by atoms with Crippen LogP contribution in [0.2, 0.25) is 5.02 Å². The highest BCUT2D eigenvalue weighted by Gasteiger charge is 2.12. The summed E-state index contributed by atoms with van der Waals surface area (Å²) in [6, 6.07) is 18.4. The van der Waals surface area contributed by atoms with Gasteiger partial charge in [-0.2, -0.15) is 0 Å². The molecule has 3 rings (SSSR count). The molecule has 3 aromatic rings. The van der Waals surface area contributed by atoms with Crippen LogP contribution in [-0.4, -0.2) is 4.98 Å². The third kappa shape index (κ3) is 3.28. The fourth-order valence-electron chi connectivity index (χ4n) is 2.51. The maximum Gasteiger partial charge on any atom is 0.0705 e. The molecule has 0 radical (unpaired) electrons. The van der Waals surface area contributed by atoms with Gasteiger partial charge in [-0.05, 0) is 42.3 Å². The highest BCUT2D eigenvalue weighted by atomic mass is 79.9. The summed E-state index contributed by atoms with van der Waals surface area (Å²) < 4.78 is 0. The van der Waals surface area contributed by atoms with E-state index < -0.39 is 0 Å². The third-order valence-corrected chi connectivity index (χ3v) is 4.67. The number of aromatic nitrogens is 1. The Bertz CT molecular complexity index is 785. The van der Waals surface area contributed by atoms with Crippen molar-refractivity contribution in [2.45, 2.75) is 18.2 Å². The van der Waals surface area contributed by atoms with Gasteiger partial charge in [0.2, 0.25) is 0 Å². The summed E-state index contributed by atoms with van der Waals surface area (Å²) in [6.07, 6.45) is 0.854. The Morgan fingerprint density at radius 2 is 1.90 bits per heavy atom. The minimum Gasteiger partial charge on any atom is -0.253 e. The van der Waals surface area contributed by atoms with Gasteiger partial charge in [-0.3, -0.25) is 4.98 Å². The van der Waals surface area contributed by atoms with Gasteiger partial charge in [0.25, 0.3) is 0 Å². The summed E-state index contributed by atoms with van der Waals surface area (Å²) in [7, 11) is 0. The molecule has 0 bridgehead atoms. The summed E-state index contributed by atoms with van der Waals surface area (Å²) >= 11 is 9.80. The molecule has 0 saturated carbocycles. The molecule has 1 heterocycles. The summed E-state index contributed by atoms with van der Waals surface area (Å²) in [5.74, 6) is 0. The molecule has 0 aliphatic carbocycles. The molecule has 0 fully saturated rings. The van der Waals surface area contributed by atoms with Crippen molar-refractivity contribution < 1.29 is 0 Å². The fraction of sp³-hybridized carbons (Fsp3) is 0.167. The van der Waals surface area contributed by atoms with Crippen LogP contribution in [-0.2, 0) is 6.42 Å². The maximum atomic E-state index is 6.02. The van der Waals surface area contributed by atoms with Crippen molar-refractivity contribution in [2.24, 2.45) is 0 Å². The molecular formula is C18H15BrClN. The molecule has 0 N–H and O–H groups in total. The maximum absolute atomic E-state index is 6.02. The van der Waals surface area contributed by atoms with Gasteiger partial charge in [0.1, 0.15) is 0 Å². The highest BCUT2D eigenvalue weighted by molar-refractivity contribution is 9.09. The van der Waals surface area contributed by atoms with E-state index in [1.807, 2.05) is 24.3 Å². The molecule has 0 amide bonds. The van der Waals surface area contributed by atoms with Gasteiger partial charge in [0.05, 0.1) is 5.52 Å². The second-order valence-corrected chi connectivity index (χ2v) is 6.71. The number of hydrogen-bond donors (Lipinski definition) is 0. The van der Waals surface area contributed by atoms with Gasteiger partial charge in [0.15, 0.2) is 0 Å². The van der Waals surface area contributed by atoms with Gasteiger partial charge >= 0.3 is 0 Å². The average Bonchev–Trinajstić information content (AvgIpc) is 2.47. The lowest BCUT2D eigenvalue weighted by molar-refractivity contribution is 0.905. The van der Waals surface area contributed by atoms with E-state index in [2.05, 4.69) is 53.2 Å². The Kier molecular flexibility index (Phi) is 4.27. The molecule has 0 saturated heterocycles. The molecule has 106 valence electrons. The van der Waals surface area contributed by atoms with Crippen LogP contribution in [0.4, 0.5) is 0 Å². The second-order valence-electron chi connectivity index (χ2n) is 5.17. The topological polar surface area (TPSA) is 12.9 Å². The predicted molar refractivity (Wildman–Crippen MR) is 93.3 cm³/mol. The molecule has 0 spiro atoms. The molecule has 0 aliphatic rings. The quantitative estimate of drug-likeness (QED) is 0.532. The van der Waals surface area contributed by atoms with Crippen molar-refractivity contribution in [3.8, 4) is 0 Å². The highest BCUT2D eigenvalue weighted by Crippen LogP contribution is 2.30. The van der Waals surface area contributed by atoms with Crippen LogP contribution in [0.5, 0.6) is 0 Å². The Labute approximate surface area is 138 Å². The number of fused-ring (bicyclic) bond motifs is 1. The lowest BCUT2D eigenvalue weighted by Crippen LogP contribution is -2.00. The number of para-hydroxylation sites is 1. The molecule has 1 aromatic heterocycles. The standard InChI is InChI=1S/C18H15BrClN/c1-12-10-14(20)7-9-16(12)17(19)11-15-8-6-13-4-2-3-5-18(13)21-15/h2-10,17H,11H2,1H3. The van der Waals surface area contributed by atoms with Crippen LogP contribution in [0.25, 0.3) is 10.9 Å². The van der Waals surface area contributed by atoms with Gasteiger partial charge in [-0.15, -0.1) is 0 Å². The van der Waals surface area contributed by atoms with Crippen molar-refractivity contribution in [1.29, 1.82) is 0 Å². The zero-order chi connectivity index (χ0) is 14.8. The van der Waals surface area contributed by atoms with E-state index in [0.29, 0.717) is 0 Å². The van der Waals surface area contributed by atoms with Crippen molar-refractivity contribution in [3.63, 3.8) is 0 Å². The van der Waals surface area contributed by atoms with E-state index in [1.165, 1.54) is 16.5 Å². The zero-order valence-electron chi connectivity index (χ0n) is 11.7. The van der Waals surface area contributed by atoms with Crippen LogP contribution in [0, 0.1) is 6.92 Å². The summed E-state index contributed by atoms with van der Waals surface area (Å²) in [4.78, 5) is 4.97. The van der Waals surface area contributed by atoms with Crippen LogP contribution in [0.3, 0.4) is 0 Å². The monoisotopic (exact) mass is 359 g/mol. The van der Waals surface area contributed by atoms with Gasteiger partial charge < -0.3 is 0 Å². The number of alkyl halides is 1. The van der Waals surface area contributed by atoms with Crippen LogP contribution >= 0.6 is 27.5 Å². The Morgan fingerprint density at radius 3 is 2.71 bits per heavy atom. The van der Waals surface area contributed by atoms with Crippen LogP contribution < -0.4 is 0 Å². The lowest BCUT2D eigenvalue weighted by atomic mass is 10.0. The number of halogens is 2. The minimum atomic E-state index is 0.239. The summed E-state index contributed by atoms with van der Waals surface area (Å²) in [5, 5.41) is 1.95. The molecule has 21 heavy (non-hydrogen) atoms. The smallest absolute Gasteiger partial charge is 0.0705 e. The van der Waals surface area contributed by atoms with E-state index in [0.717, 1.165) is 22.7 Å². The normalized spacial score (nSPS) is 12.5. The number of benzene rings is 2. The van der Waals surface area contributed by atoms with Gasteiger partial charge in [-0.25, -0.2) is 0 Å². The number of hydrogen-bond acceptors (Lipinski definition) is 1.